The number of halogens is 1. The van der Waals surface area contributed by atoms with Crippen LogP contribution in [0.2, 0.25) is 0 Å². The van der Waals surface area contributed by atoms with Crippen LogP contribution < -0.4 is 39.9 Å². The van der Waals surface area contributed by atoms with E-state index in [0.29, 0.717) is 0 Å². The van der Waals surface area contributed by atoms with E-state index < -0.39 is 7.26 Å². The quantitative estimate of drug-likeness (QED) is 0.424. The molecule has 0 saturated heterocycles. The van der Waals surface area contributed by atoms with Crippen molar-refractivity contribution >= 4 is 23.2 Å². The van der Waals surface area contributed by atoms with Crippen molar-refractivity contribution in [3.05, 3.63) is 91.0 Å². The standard InChI is InChI=1S/C22H24OP.HI/c1-19(23)17-18-24(20-11-5-2-6-12-20,21-13-7-3-8-14-21)22-15-9-4-10-16-22;/h2-16,19,23H,17-18H2,1H3;1H/q+1;/p-1/t19-;/m0./s1. The van der Waals surface area contributed by atoms with Crippen molar-refractivity contribution in [3.63, 3.8) is 0 Å². The molecule has 0 spiro atoms. The summed E-state index contributed by atoms with van der Waals surface area (Å²) in [6.45, 7) is 1.88. The normalized spacial score (nSPS) is 12.2. The molecular weight excluding hydrogens is 438 g/mol. The molecule has 0 aliphatic heterocycles. The van der Waals surface area contributed by atoms with Crippen molar-refractivity contribution in [2.24, 2.45) is 0 Å². The van der Waals surface area contributed by atoms with Crippen molar-refractivity contribution in [1.82, 2.24) is 0 Å². The van der Waals surface area contributed by atoms with Crippen LogP contribution in [0.5, 0.6) is 0 Å². The Balaban J connectivity index is 0.00000225. The Labute approximate surface area is 168 Å². The Hall–Kier alpha value is -1.22. The van der Waals surface area contributed by atoms with Crippen molar-refractivity contribution in [2.75, 3.05) is 6.16 Å². The van der Waals surface area contributed by atoms with Gasteiger partial charge in [0.2, 0.25) is 0 Å². The maximum absolute atomic E-state index is 9.97. The van der Waals surface area contributed by atoms with Crippen LogP contribution in [-0.2, 0) is 0 Å². The summed E-state index contributed by atoms with van der Waals surface area (Å²) >= 11 is 0. The topological polar surface area (TPSA) is 20.2 Å². The molecule has 0 fully saturated rings. The van der Waals surface area contributed by atoms with Crippen LogP contribution in [0.4, 0.5) is 0 Å². The molecule has 0 heterocycles. The van der Waals surface area contributed by atoms with Gasteiger partial charge in [-0.1, -0.05) is 54.6 Å². The van der Waals surface area contributed by atoms with Gasteiger partial charge in [-0.3, -0.25) is 0 Å². The molecule has 3 rings (SSSR count). The molecule has 0 radical (unpaired) electrons. The fourth-order valence-electron chi connectivity index (χ4n) is 3.26. The summed E-state index contributed by atoms with van der Waals surface area (Å²) in [6.07, 6.45) is 1.48. The zero-order valence-electron chi connectivity index (χ0n) is 14.4. The number of aliphatic hydroxyl groups excluding tert-OH is 1. The molecule has 0 bridgehead atoms. The number of hydrogen-bond acceptors (Lipinski definition) is 1. The Morgan fingerprint density at radius 1 is 0.680 bits per heavy atom. The van der Waals surface area contributed by atoms with E-state index in [1.165, 1.54) is 15.9 Å². The lowest BCUT2D eigenvalue weighted by Gasteiger charge is -2.28. The highest BCUT2D eigenvalue weighted by Gasteiger charge is 2.44. The molecule has 25 heavy (non-hydrogen) atoms. The van der Waals surface area contributed by atoms with Gasteiger partial charge < -0.3 is 29.1 Å². The summed E-state index contributed by atoms with van der Waals surface area (Å²) < 4.78 is 0. The second kappa shape index (κ2) is 9.47. The highest BCUT2D eigenvalue weighted by atomic mass is 127. The van der Waals surface area contributed by atoms with E-state index in [0.717, 1.165) is 12.6 Å². The fraction of sp³-hybridized carbons (Fsp3) is 0.182. The zero-order chi connectivity index (χ0) is 16.8. The first-order valence-corrected chi connectivity index (χ1v) is 10.4. The van der Waals surface area contributed by atoms with E-state index in [4.69, 9.17) is 0 Å². The second-order valence-electron chi connectivity index (χ2n) is 6.18. The van der Waals surface area contributed by atoms with Gasteiger partial charge in [-0.05, 0) is 43.3 Å². The van der Waals surface area contributed by atoms with Crippen LogP contribution >= 0.6 is 7.26 Å². The molecule has 1 N–H and O–H groups in total. The van der Waals surface area contributed by atoms with Gasteiger partial charge in [-0.15, -0.1) is 0 Å². The maximum atomic E-state index is 9.97. The summed E-state index contributed by atoms with van der Waals surface area (Å²) in [4.78, 5) is 0. The third-order valence-electron chi connectivity index (χ3n) is 4.47. The summed E-state index contributed by atoms with van der Waals surface area (Å²) in [6, 6.07) is 32.4. The Bertz CT molecular complexity index is 648. The predicted octanol–water partition coefficient (Wildman–Crippen LogP) is 0.755. The molecule has 3 aromatic carbocycles. The Kier molecular flexibility index (Phi) is 7.61. The lowest BCUT2D eigenvalue weighted by atomic mass is 10.3. The third kappa shape index (κ3) is 4.49. The smallest absolute Gasteiger partial charge is 0.112 e. The number of rotatable bonds is 6. The minimum absolute atomic E-state index is 0. The summed E-state index contributed by atoms with van der Waals surface area (Å²) in [5.41, 5.74) is 0. The zero-order valence-corrected chi connectivity index (χ0v) is 17.5. The molecule has 0 saturated carbocycles. The molecule has 0 amide bonds. The van der Waals surface area contributed by atoms with Crippen molar-refractivity contribution in [3.8, 4) is 0 Å². The third-order valence-corrected chi connectivity index (χ3v) is 8.94. The van der Waals surface area contributed by atoms with E-state index in [2.05, 4.69) is 91.0 Å². The number of benzene rings is 3. The average molecular weight is 462 g/mol. The van der Waals surface area contributed by atoms with Crippen LogP contribution in [-0.4, -0.2) is 17.4 Å². The van der Waals surface area contributed by atoms with Gasteiger partial charge in [-0.2, -0.15) is 0 Å². The van der Waals surface area contributed by atoms with Gasteiger partial charge in [0.25, 0.3) is 0 Å². The minimum Gasteiger partial charge on any atom is -1.00 e. The van der Waals surface area contributed by atoms with Crippen LogP contribution in [0.15, 0.2) is 91.0 Å². The van der Waals surface area contributed by atoms with Gasteiger partial charge in [0.05, 0.1) is 12.3 Å². The van der Waals surface area contributed by atoms with E-state index in [1.54, 1.807) is 0 Å². The van der Waals surface area contributed by atoms with Crippen molar-refractivity contribution in [1.29, 1.82) is 0 Å². The van der Waals surface area contributed by atoms with Crippen LogP contribution in [0.1, 0.15) is 13.3 Å². The maximum Gasteiger partial charge on any atom is 0.112 e. The van der Waals surface area contributed by atoms with Gasteiger partial charge in [0.15, 0.2) is 0 Å². The highest BCUT2D eigenvalue weighted by Crippen LogP contribution is 2.55. The van der Waals surface area contributed by atoms with Crippen molar-refractivity contribution < 1.29 is 29.1 Å². The monoisotopic (exact) mass is 462 g/mol. The molecule has 0 aliphatic carbocycles. The molecule has 0 aliphatic rings. The van der Waals surface area contributed by atoms with E-state index in [-0.39, 0.29) is 30.1 Å². The first-order chi connectivity index (χ1) is 11.7. The van der Waals surface area contributed by atoms with Crippen molar-refractivity contribution in [2.45, 2.75) is 19.4 Å². The lowest BCUT2D eigenvalue weighted by molar-refractivity contribution is -0.00000698. The first-order valence-electron chi connectivity index (χ1n) is 8.46. The van der Waals surface area contributed by atoms with Gasteiger partial charge >= 0.3 is 0 Å². The van der Waals surface area contributed by atoms with Gasteiger partial charge in [0, 0.05) is 6.42 Å². The van der Waals surface area contributed by atoms with E-state index in [1.807, 2.05) is 6.92 Å². The number of hydrogen-bond donors (Lipinski definition) is 1. The predicted molar refractivity (Wildman–Crippen MR) is 106 cm³/mol. The summed E-state index contributed by atoms with van der Waals surface area (Å²) in [5.74, 6) is 0. The van der Waals surface area contributed by atoms with Crippen LogP contribution in [0, 0.1) is 0 Å². The molecule has 130 valence electrons. The van der Waals surface area contributed by atoms with E-state index in [9.17, 15) is 5.11 Å². The molecule has 3 heteroatoms. The van der Waals surface area contributed by atoms with E-state index >= 15 is 0 Å². The first kappa shape index (κ1) is 20.1. The fourth-order valence-corrected chi connectivity index (χ4v) is 7.74. The molecule has 3 aromatic rings. The minimum atomic E-state index is -1.77. The van der Waals surface area contributed by atoms with Gasteiger partial charge in [0.1, 0.15) is 23.2 Å². The molecule has 0 aromatic heterocycles. The summed E-state index contributed by atoms with van der Waals surface area (Å²) in [7, 11) is -1.77. The lowest BCUT2D eigenvalue weighted by Crippen LogP contribution is -3.00. The summed E-state index contributed by atoms with van der Waals surface area (Å²) in [5, 5.41) is 14.1. The van der Waals surface area contributed by atoms with Gasteiger partial charge in [-0.25, -0.2) is 0 Å². The SMILES string of the molecule is C[C@H](O)CC[P+](c1ccccc1)(c1ccccc1)c1ccccc1.[I-]. The van der Waals surface area contributed by atoms with Crippen LogP contribution in [0.25, 0.3) is 0 Å². The highest BCUT2D eigenvalue weighted by molar-refractivity contribution is 7.95. The largest absolute Gasteiger partial charge is 1.00 e. The van der Waals surface area contributed by atoms with Crippen LogP contribution in [0.3, 0.4) is 0 Å². The number of aliphatic hydroxyl groups is 1. The molecular formula is C22H24IOP. The molecule has 1 atom stereocenters. The Morgan fingerprint density at radius 2 is 1.00 bits per heavy atom. The average Bonchev–Trinajstić information content (AvgIpc) is 2.65. The molecule has 0 unspecified atom stereocenters. The molecule has 1 nitrogen and oxygen atoms in total. The second-order valence-corrected chi connectivity index (χ2v) is 9.79. The Morgan fingerprint density at radius 3 is 1.28 bits per heavy atom.